The number of halogens is 3. The highest BCUT2D eigenvalue weighted by Gasteiger charge is 2.49. The van der Waals surface area contributed by atoms with Gasteiger partial charge in [-0.3, -0.25) is 0 Å². The second-order valence-corrected chi connectivity index (χ2v) is 3.77. The number of hydrogen-bond acceptors (Lipinski definition) is 3. The van der Waals surface area contributed by atoms with Crippen molar-refractivity contribution in [3.8, 4) is 5.75 Å². The normalized spacial score (nSPS) is 22.0. The number of hydrogen-bond donors (Lipinski definition) is 1. The van der Waals surface area contributed by atoms with Gasteiger partial charge in [-0.15, -0.1) is 0 Å². The topological polar surface area (TPSA) is 47.6 Å². The molecule has 1 amide bonds. The Morgan fingerprint density at radius 3 is 2.89 bits per heavy atom. The van der Waals surface area contributed by atoms with E-state index >= 15 is 0 Å². The zero-order chi connectivity index (χ0) is 13.3. The van der Waals surface area contributed by atoms with E-state index in [1.165, 1.54) is 19.2 Å². The smallest absolute Gasteiger partial charge is 0.408 e. The molecule has 1 fully saturated rings. The summed E-state index contributed by atoms with van der Waals surface area (Å²) < 4.78 is 50.0. The van der Waals surface area contributed by atoms with Crippen LogP contribution in [0.25, 0.3) is 0 Å². The van der Waals surface area contributed by atoms with Gasteiger partial charge in [-0.05, 0) is 12.1 Å². The standard InChI is InChI=1S/C11H10F3NO3/c1-17-7-4-2-3-6(12)8(7)9-11(13,14)5-18-10(16)15-9/h2-4,9H,5H2,1H3,(H,15,16)/t9-/m0/s1. The molecule has 0 aromatic heterocycles. The highest BCUT2D eigenvalue weighted by molar-refractivity contribution is 5.69. The van der Waals surface area contributed by atoms with E-state index in [2.05, 4.69) is 4.74 Å². The lowest BCUT2D eigenvalue weighted by atomic mass is 9.98. The third-order valence-electron chi connectivity index (χ3n) is 2.60. The van der Waals surface area contributed by atoms with E-state index in [1.807, 2.05) is 5.32 Å². The number of methoxy groups -OCH3 is 1. The quantitative estimate of drug-likeness (QED) is 0.888. The zero-order valence-corrected chi connectivity index (χ0v) is 9.38. The first-order valence-electron chi connectivity index (χ1n) is 5.09. The highest BCUT2D eigenvalue weighted by atomic mass is 19.3. The maximum Gasteiger partial charge on any atom is 0.408 e. The van der Waals surface area contributed by atoms with Gasteiger partial charge in [0.2, 0.25) is 0 Å². The maximum absolute atomic E-state index is 13.7. The number of cyclic esters (lactones) is 1. The average molecular weight is 261 g/mol. The van der Waals surface area contributed by atoms with Crippen molar-refractivity contribution in [3.05, 3.63) is 29.6 Å². The monoisotopic (exact) mass is 261 g/mol. The summed E-state index contributed by atoms with van der Waals surface area (Å²) in [4.78, 5) is 11.0. The third-order valence-corrected chi connectivity index (χ3v) is 2.60. The molecule has 0 aliphatic carbocycles. The van der Waals surface area contributed by atoms with Gasteiger partial charge in [-0.25, -0.2) is 18.0 Å². The second kappa shape index (κ2) is 4.40. The van der Waals surface area contributed by atoms with Gasteiger partial charge < -0.3 is 14.8 Å². The fraction of sp³-hybridized carbons (Fsp3) is 0.364. The van der Waals surface area contributed by atoms with Gasteiger partial charge in [0.15, 0.2) is 6.61 Å². The molecule has 18 heavy (non-hydrogen) atoms. The van der Waals surface area contributed by atoms with Gasteiger partial charge in [0, 0.05) is 0 Å². The van der Waals surface area contributed by atoms with Gasteiger partial charge in [0.25, 0.3) is 0 Å². The number of amides is 1. The first kappa shape index (κ1) is 12.5. The number of carbonyl (C=O) groups is 1. The molecule has 1 aliphatic rings. The van der Waals surface area contributed by atoms with Gasteiger partial charge >= 0.3 is 12.0 Å². The molecule has 98 valence electrons. The van der Waals surface area contributed by atoms with Crippen molar-refractivity contribution in [2.24, 2.45) is 0 Å². The summed E-state index contributed by atoms with van der Waals surface area (Å²) in [5, 5.41) is 1.91. The first-order chi connectivity index (χ1) is 8.45. The largest absolute Gasteiger partial charge is 0.496 e. The molecule has 1 heterocycles. The Labute approximate surface area is 101 Å². The van der Waals surface area contributed by atoms with Crippen LogP contribution in [-0.2, 0) is 4.74 Å². The van der Waals surface area contributed by atoms with Crippen LogP contribution in [0.3, 0.4) is 0 Å². The Morgan fingerprint density at radius 1 is 1.50 bits per heavy atom. The summed E-state index contributed by atoms with van der Waals surface area (Å²) in [7, 11) is 1.23. The number of carbonyl (C=O) groups excluding carboxylic acids is 1. The van der Waals surface area contributed by atoms with Gasteiger partial charge in [-0.1, -0.05) is 6.07 Å². The predicted molar refractivity (Wildman–Crippen MR) is 55.1 cm³/mol. The molecule has 1 atom stereocenters. The van der Waals surface area contributed by atoms with Crippen molar-refractivity contribution in [1.29, 1.82) is 0 Å². The molecule has 0 spiro atoms. The summed E-state index contributed by atoms with van der Waals surface area (Å²) in [6.07, 6.45) is -1.02. The fourth-order valence-electron chi connectivity index (χ4n) is 1.77. The summed E-state index contributed by atoms with van der Waals surface area (Å²) in [5.41, 5.74) is -0.387. The van der Waals surface area contributed by atoms with Crippen LogP contribution >= 0.6 is 0 Å². The lowest BCUT2D eigenvalue weighted by Gasteiger charge is -2.32. The zero-order valence-electron chi connectivity index (χ0n) is 9.38. The van der Waals surface area contributed by atoms with Crippen LogP contribution in [0.2, 0.25) is 0 Å². The molecule has 0 saturated carbocycles. The Morgan fingerprint density at radius 2 is 2.22 bits per heavy atom. The van der Waals surface area contributed by atoms with Crippen molar-refractivity contribution in [2.45, 2.75) is 12.0 Å². The van der Waals surface area contributed by atoms with Gasteiger partial charge in [0.1, 0.15) is 17.6 Å². The van der Waals surface area contributed by atoms with E-state index in [-0.39, 0.29) is 11.3 Å². The molecule has 0 unspecified atom stereocenters. The van der Waals surface area contributed by atoms with E-state index in [1.54, 1.807) is 0 Å². The predicted octanol–water partition coefficient (Wildman–Crippen LogP) is 2.25. The Hall–Kier alpha value is -1.92. The molecule has 7 heteroatoms. The summed E-state index contributed by atoms with van der Waals surface area (Å²) >= 11 is 0. The lowest BCUT2D eigenvalue weighted by molar-refractivity contribution is -0.105. The molecule has 2 rings (SSSR count). The van der Waals surface area contributed by atoms with Gasteiger partial charge in [0.05, 0.1) is 12.7 Å². The van der Waals surface area contributed by atoms with Crippen molar-refractivity contribution < 1.29 is 27.4 Å². The van der Waals surface area contributed by atoms with Crippen molar-refractivity contribution >= 4 is 6.09 Å². The number of alkyl carbamates (subject to hydrolysis) is 1. The number of benzene rings is 1. The molecule has 4 nitrogen and oxygen atoms in total. The summed E-state index contributed by atoms with van der Waals surface area (Å²) in [6.45, 7) is -1.10. The van der Waals surface area contributed by atoms with E-state index in [0.29, 0.717) is 0 Å². The number of nitrogens with one attached hydrogen (secondary N) is 1. The maximum atomic E-state index is 13.7. The second-order valence-electron chi connectivity index (χ2n) is 3.77. The van der Waals surface area contributed by atoms with Crippen molar-refractivity contribution in [1.82, 2.24) is 5.32 Å². The number of ether oxygens (including phenoxy) is 2. The van der Waals surface area contributed by atoms with E-state index in [0.717, 1.165) is 6.07 Å². The van der Waals surface area contributed by atoms with Crippen molar-refractivity contribution in [2.75, 3.05) is 13.7 Å². The minimum absolute atomic E-state index is 0.0538. The summed E-state index contributed by atoms with van der Waals surface area (Å²) in [6, 6.07) is 1.89. The molecule has 1 N–H and O–H groups in total. The highest BCUT2D eigenvalue weighted by Crippen LogP contribution is 2.39. The molecule has 0 bridgehead atoms. The van der Waals surface area contributed by atoms with Crippen LogP contribution in [-0.4, -0.2) is 25.7 Å². The number of alkyl halides is 2. The fourth-order valence-corrected chi connectivity index (χ4v) is 1.77. The van der Waals surface area contributed by atoms with E-state index < -0.39 is 30.5 Å². The Balaban J connectivity index is 2.49. The number of rotatable bonds is 2. The third kappa shape index (κ3) is 2.07. The van der Waals surface area contributed by atoms with Crippen LogP contribution in [0.4, 0.5) is 18.0 Å². The van der Waals surface area contributed by atoms with E-state index in [4.69, 9.17) is 4.74 Å². The summed E-state index contributed by atoms with van der Waals surface area (Å²) in [5.74, 6) is -4.34. The van der Waals surface area contributed by atoms with Crippen LogP contribution in [0.1, 0.15) is 11.6 Å². The van der Waals surface area contributed by atoms with E-state index in [9.17, 15) is 18.0 Å². The molecular weight excluding hydrogens is 251 g/mol. The minimum atomic E-state index is -3.41. The molecule has 1 aromatic rings. The molecule has 1 saturated heterocycles. The Kier molecular flexibility index (Phi) is 3.06. The van der Waals surface area contributed by atoms with Crippen LogP contribution in [0.5, 0.6) is 5.75 Å². The van der Waals surface area contributed by atoms with Crippen LogP contribution in [0, 0.1) is 5.82 Å². The molecule has 0 radical (unpaired) electrons. The molecule has 1 aromatic carbocycles. The molecule has 1 aliphatic heterocycles. The van der Waals surface area contributed by atoms with Crippen molar-refractivity contribution in [3.63, 3.8) is 0 Å². The first-order valence-corrected chi connectivity index (χ1v) is 5.09. The lowest BCUT2D eigenvalue weighted by Crippen LogP contribution is -2.50. The minimum Gasteiger partial charge on any atom is -0.496 e. The van der Waals surface area contributed by atoms with Crippen LogP contribution in [0.15, 0.2) is 18.2 Å². The molecular formula is C11H10F3NO3. The Bertz CT molecular complexity index is 479. The average Bonchev–Trinajstić information content (AvgIpc) is 2.32. The SMILES string of the molecule is COc1cccc(F)c1[C@@H]1NC(=O)OCC1(F)F. The van der Waals surface area contributed by atoms with Gasteiger partial charge in [-0.2, -0.15) is 0 Å². The van der Waals surface area contributed by atoms with Crippen LogP contribution < -0.4 is 10.1 Å².